The van der Waals surface area contributed by atoms with Crippen LogP contribution in [0.15, 0.2) is 30.6 Å². The first-order valence-corrected chi connectivity index (χ1v) is 6.38. The van der Waals surface area contributed by atoms with Gasteiger partial charge in [0.2, 0.25) is 10.9 Å². The van der Waals surface area contributed by atoms with Crippen LogP contribution in [-0.4, -0.2) is 0 Å². The quantitative estimate of drug-likeness (QED) is 0.671. The van der Waals surface area contributed by atoms with E-state index in [4.69, 9.17) is 8.83 Å². The van der Waals surface area contributed by atoms with E-state index in [1.165, 1.54) is 0 Å². The summed E-state index contributed by atoms with van der Waals surface area (Å²) < 4.78 is 10.9. The zero-order valence-electron chi connectivity index (χ0n) is 11.8. The second-order valence-electron chi connectivity index (χ2n) is 5.06. The summed E-state index contributed by atoms with van der Waals surface area (Å²) >= 11 is 0. The minimum absolute atomic E-state index is 0.438. The van der Waals surface area contributed by atoms with Crippen LogP contribution in [0.4, 0.5) is 0 Å². The van der Waals surface area contributed by atoms with Crippen molar-refractivity contribution in [2.24, 2.45) is 0 Å². The van der Waals surface area contributed by atoms with Gasteiger partial charge >= 0.3 is 0 Å². The fraction of sp³-hybridized carbons (Fsp3) is 0.250. The molecule has 4 nitrogen and oxygen atoms in total. The Labute approximate surface area is 115 Å². The zero-order valence-corrected chi connectivity index (χ0v) is 11.8. The average Bonchev–Trinajstić information content (AvgIpc) is 2.87. The summed E-state index contributed by atoms with van der Waals surface area (Å²) in [7, 11) is 0. The summed E-state index contributed by atoms with van der Waals surface area (Å²) in [5, 5.41) is 0. The van der Waals surface area contributed by atoms with Crippen molar-refractivity contribution in [1.29, 1.82) is 0 Å². The van der Waals surface area contributed by atoms with Crippen molar-refractivity contribution in [2.75, 3.05) is 0 Å². The van der Waals surface area contributed by atoms with Gasteiger partial charge < -0.3 is 8.83 Å². The van der Waals surface area contributed by atoms with Crippen LogP contribution in [0, 0.1) is 27.7 Å². The van der Waals surface area contributed by atoms with E-state index in [2.05, 4.69) is 0 Å². The number of rotatable bonds is 2. The van der Waals surface area contributed by atoms with E-state index in [1.807, 2.05) is 13.8 Å². The molecular formula is C16H14O4. The summed E-state index contributed by atoms with van der Waals surface area (Å²) in [6.07, 6.45) is 0. The molecule has 2 aromatic heterocycles. The summed E-state index contributed by atoms with van der Waals surface area (Å²) in [6, 6.07) is 3.58. The molecule has 0 unspecified atom stereocenters. The van der Waals surface area contributed by atoms with Gasteiger partial charge in [0.05, 0.1) is 0 Å². The SMILES string of the molecule is Cc1cc(-c2c(-c3cc(C)oc3C)c(=O)c2=O)c(C)o1. The minimum Gasteiger partial charge on any atom is -0.466 e. The number of furan rings is 2. The molecule has 0 aliphatic carbocycles. The van der Waals surface area contributed by atoms with Gasteiger partial charge in [0.15, 0.2) is 0 Å². The summed E-state index contributed by atoms with van der Waals surface area (Å²) in [4.78, 5) is 23.9. The molecule has 3 aromatic rings. The molecule has 0 bridgehead atoms. The first-order chi connectivity index (χ1) is 9.40. The Bertz CT molecular complexity index is 808. The molecule has 0 N–H and O–H groups in total. The van der Waals surface area contributed by atoms with E-state index in [0.717, 1.165) is 11.5 Å². The third-order valence-electron chi connectivity index (χ3n) is 3.53. The van der Waals surface area contributed by atoms with Crippen molar-refractivity contribution in [3.63, 3.8) is 0 Å². The van der Waals surface area contributed by atoms with Gasteiger partial charge in [0.25, 0.3) is 0 Å². The Morgan fingerprint density at radius 2 is 1.05 bits per heavy atom. The van der Waals surface area contributed by atoms with Crippen LogP contribution >= 0.6 is 0 Å². The number of aryl methyl sites for hydroxylation is 4. The van der Waals surface area contributed by atoms with E-state index in [0.29, 0.717) is 33.8 Å². The lowest BCUT2D eigenvalue weighted by Crippen LogP contribution is -2.35. The molecule has 3 rings (SSSR count). The van der Waals surface area contributed by atoms with Crippen molar-refractivity contribution in [3.8, 4) is 22.3 Å². The lowest BCUT2D eigenvalue weighted by atomic mass is 9.89. The van der Waals surface area contributed by atoms with Crippen molar-refractivity contribution in [1.82, 2.24) is 0 Å². The number of hydrogen-bond donors (Lipinski definition) is 0. The largest absolute Gasteiger partial charge is 0.466 e. The molecule has 2 heterocycles. The number of hydrogen-bond acceptors (Lipinski definition) is 4. The second kappa shape index (κ2) is 4.07. The normalized spacial score (nSPS) is 11.4. The predicted octanol–water partition coefficient (Wildman–Crippen LogP) is 3.04. The summed E-state index contributed by atoms with van der Waals surface area (Å²) in [5.41, 5.74) is 1.35. The Kier molecular flexibility index (Phi) is 2.57. The molecule has 0 fully saturated rings. The first-order valence-electron chi connectivity index (χ1n) is 6.38. The smallest absolute Gasteiger partial charge is 0.235 e. The maximum absolute atomic E-state index is 11.9. The van der Waals surface area contributed by atoms with Crippen LogP contribution in [0.5, 0.6) is 0 Å². The van der Waals surface area contributed by atoms with Crippen molar-refractivity contribution >= 4 is 0 Å². The highest BCUT2D eigenvalue weighted by molar-refractivity contribution is 5.88. The van der Waals surface area contributed by atoms with Gasteiger partial charge in [0.1, 0.15) is 23.0 Å². The Morgan fingerprint density at radius 3 is 1.30 bits per heavy atom. The van der Waals surface area contributed by atoms with Crippen molar-refractivity contribution < 1.29 is 8.83 Å². The van der Waals surface area contributed by atoms with Gasteiger partial charge in [-0.05, 0) is 39.8 Å². The molecule has 0 spiro atoms. The highest BCUT2D eigenvalue weighted by Crippen LogP contribution is 2.34. The van der Waals surface area contributed by atoms with Crippen LogP contribution < -0.4 is 10.9 Å². The van der Waals surface area contributed by atoms with Gasteiger partial charge in [-0.2, -0.15) is 0 Å². The maximum Gasteiger partial charge on any atom is 0.235 e. The molecule has 0 aliphatic rings. The monoisotopic (exact) mass is 270 g/mol. The lowest BCUT2D eigenvalue weighted by molar-refractivity contribution is 0.504. The van der Waals surface area contributed by atoms with Crippen molar-refractivity contribution in [3.05, 3.63) is 55.6 Å². The van der Waals surface area contributed by atoms with E-state index in [1.54, 1.807) is 26.0 Å². The average molecular weight is 270 g/mol. The Morgan fingerprint density at radius 1 is 0.700 bits per heavy atom. The van der Waals surface area contributed by atoms with Crippen LogP contribution in [-0.2, 0) is 0 Å². The van der Waals surface area contributed by atoms with E-state index in [-0.39, 0.29) is 0 Å². The fourth-order valence-electron chi connectivity index (χ4n) is 2.66. The van der Waals surface area contributed by atoms with Crippen LogP contribution in [0.1, 0.15) is 23.0 Å². The van der Waals surface area contributed by atoms with Crippen LogP contribution in [0.3, 0.4) is 0 Å². The highest BCUT2D eigenvalue weighted by atomic mass is 16.3. The van der Waals surface area contributed by atoms with E-state index < -0.39 is 10.9 Å². The topological polar surface area (TPSA) is 60.4 Å². The van der Waals surface area contributed by atoms with Gasteiger partial charge in [-0.15, -0.1) is 0 Å². The third kappa shape index (κ3) is 1.61. The molecule has 0 aliphatic heterocycles. The molecule has 0 saturated heterocycles. The molecule has 0 saturated carbocycles. The maximum atomic E-state index is 11.9. The summed E-state index contributed by atoms with van der Waals surface area (Å²) in [5.74, 6) is 2.73. The molecule has 4 heteroatoms. The van der Waals surface area contributed by atoms with Crippen LogP contribution in [0.2, 0.25) is 0 Å². The molecular weight excluding hydrogens is 256 g/mol. The molecule has 0 atom stereocenters. The second-order valence-corrected chi connectivity index (χ2v) is 5.06. The predicted molar refractivity (Wildman–Crippen MR) is 75.7 cm³/mol. The fourth-order valence-corrected chi connectivity index (χ4v) is 2.66. The standard InChI is InChI=1S/C16H14O4/c1-7-5-11(9(3)19-7)13-14(16(18)15(13)17)12-6-8(2)20-10(12)4/h5-6H,1-4H3. The third-order valence-corrected chi connectivity index (χ3v) is 3.53. The van der Waals surface area contributed by atoms with Crippen LogP contribution in [0.25, 0.3) is 22.3 Å². The molecule has 20 heavy (non-hydrogen) atoms. The van der Waals surface area contributed by atoms with Gasteiger partial charge in [0, 0.05) is 22.3 Å². The Balaban J connectivity index is 2.28. The summed E-state index contributed by atoms with van der Waals surface area (Å²) in [6.45, 7) is 7.21. The lowest BCUT2D eigenvalue weighted by Gasteiger charge is -2.09. The van der Waals surface area contributed by atoms with E-state index in [9.17, 15) is 9.59 Å². The minimum atomic E-state index is -0.456. The van der Waals surface area contributed by atoms with Gasteiger partial charge in [-0.1, -0.05) is 0 Å². The molecule has 0 radical (unpaired) electrons. The Hall–Kier alpha value is -2.36. The zero-order chi connectivity index (χ0) is 14.6. The van der Waals surface area contributed by atoms with E-state index >= 15 is 0 Å². The van der Waals surface area contributed by atoms with Gasteiger partial charge in [-0.25, -0.2) is 0 Å². The van der Waals surface area contributed by atoms with Crippen molar-refractivity contribution in [2.45, 2.75) is 27.7 Å². The molecule has 102 valence electrons. The first kappa shape index (κ1) is 12.7. The molecule has 0 amide bonds. The highest BCUT2D eigenvalue weighted by Gasteiger charge is 2.28. The molecule has 1 aromatic carbocycles. The van der Waals surface area contributed by atoms with Gasteiger partial charge in [-0.3, -0.25) is 9.59 Å².